The van der Waals surface area contributed by atoms with Crippen LogP contribution in [0.4, 0.5) is 0 Å². The van der Waals surface area contributed by atoms with Crippen LogP contribution in [-0.2, 0) is 9.47 Å². The van der Waals surface area contributed by atoms with Crippen LogP contribution in [0.5, 0.6) is 0 Å². The Labute approximate surface area is 128 Å². The Morgan fingerprint density at radius 3 is 2.24 bits per heavy atom. The van der Waals surface area contributed by atoms with Gasteiger partial charge in [0.05, 0.1) is 19.3 Å². The zero-order valence-electron chi connectivity index (χ0n) is 13.7. The summed E-state index contributed by atoms with van der Waals surface area (Å²) in [7, 11) is 0. The molecule has 3 aliphatic rings. The van der Waals surface area contributed by atoms with Gasteiger partial charge < -0.3 is 14.6 Å². The third-order valence-corrected chi connectivity index (χ3v) is 5.33. The van der Waals surface area contributed by atoms with Crippen molar-refractivity contribution in [2.75, 3.05) is 39.4 Å². The molecule has 0 aromatic heterocycles. The van der Waals surface area contributed by atoms with Gasteiger partial charge in [0.25, 0.3) is 0 Å². The third kappa shape index (κ3) is 3.27. The monoisotopic (exact) mass is 298 g/mol. The van der Waals surface area contributed by atoms with Gasteiger partial charge in [0.1, 0.15) is 0 Å². The van der Waals surface area contributed by atoms with E-state index in [1.807, 2.05) is 0 Å². The molecule has 2 heterocycles. The predicted molar refractivity (Wildman–Crippen MR) is 81.2 cm³/mol. The van der Waals surface area contributed by atoms with Crippen molar-refractivity contribution < 1.29 is 14.6 Å². The topological polar surface area (TPSA) is 45.2 Å². The molecule has 1 spiro atoms. The van der Waals surface area contributed by atoms with Gasteiger partial charge in [0, 0.05) is 50.6 Å². The highest BCUT2D eigenvalue weighted by atomic mass is 16.7. The second kappa shape index (κ2) is 5.78. The van der Waals surface area contributed by atoms with Gasteiger partial charge in [0.15, 0.2) is 5.79 Å². The van der Waals surface area contributed by atoms with E-state index >= 15 is 0 Å². The highest BCUT2D eigenvalue weighted by Crippen LogP contribution is 2.38. The summed E-state index contributed by atoms with van der Waals surface area (Å²) in [5.74, 6) is -0.412. The zero-order valence-corrected chi connectivity index (χ0v) is 13.7. The van der Waals surface area contributed by atoms with Gasteiger partial charge in [-0.1, -0.05) is 0 Å². The van der Waals surface area contributed by atoms with Crippen molar-refractivity contribution in [2.45, 2.75) is 63.5 Å². The largest absolute Gasteiger partial charge is 0.391 e. The van der Waals surface area contributed by atoms with Crippen LogP contribution in [0.2, 0.25) is 0 Å². The lowest BCUT2D eigenvalue weighted by atomic mass is 9.86. The van der Waals surface area contributed by atoms with E-state index in [-0.39, 0.29) is 17.7 Å². The number of hydrogen-bond acceptors (Lipinski definition) is 5. The molecule has 21 heavy (non-hydrogen) atoms. The fraction of sp³-hybridized carbons (Fsp3) is 1.00. The van der Waals surface area contributed by atoms with Crippen LogP contribution in [0.1, 0.15) is 40.0 Å². The average molecular weight is 298 g/mol. The highest BCUT2D eigenvalue weighted by molar-refractivity contribution is 4.95. The number of nitrogens with zero attached hydrogens (tertiary/aromatic N) is 2. The number of ether oxygens (including phenoxy) is 2. The fourth-order valence-corrected chi connectivity index (χ4v) is 3.97. The molecule has 0 amide bonds. The van der Waals surface area contributed by atoms with Crippen LogP contribution in [0.15, 0.2) is 0 Å². The van der Waals surface area contributed by atoms with Crippen LogP contribution < -0.4 is 0 Å². The van der Waals surface area contributed by atoms with Gasteiger partial charge in [-0.15, -0.1) is 0 Å². The molecule has 2 aliphatic heterocycles. The predicted octanol–water partition coefficient (Wildman–Crippen LogP) is 1.06. The van der Waals surface area contributed by atoms with Crippen molar-refractivity contribution in [2.24, 2.45) is 0 Å². The molecule has 1 N–H and O–H groups in total. The standard InChI is InChI=1S/C16H30N2O3/c1-15(2,3)18-8-6-17(7-9-18)13-12-16(5-4-14(13)19)20-10-11-21-16/h13-14,19H,4-12H2,1-3H3. The van der Waals surface area contributed by atoms with Gasteiger partial charge in [-0.25, -0.2) is 0 Å². The Kier molecular flexibility index (Phi) is 4.32. The molecule has 2 atom stereocenters. The summed E-state index contributed by atoms with van der Waals surface area (Å²) in [6, 6.07) is 0.180. The first-order valence-corrected chi connectivity index (χ1v) is 8.35. The molecule has 5 nitrogen and oxygen atoms in total. The summed E-state index contributed by atoms with van der Waals surface area (Å²) < 4.78 is 11.7. The fourth-order valence-electron chi connectivity index (χ4n) is 3.97. The number of piperazine rings is 1. The Morgan fingerprint density at radius 1 is 1.05 bits per heavy atom. The van der Waals surface area contributed by atoms with Gasteiger partial charge in [-0.3, -0.25) is 9.80 Å². The van der Waals surface area contributed by atoms with Crippen LogP contribution in [0.3, 0.4) is 0 Å². The highest BCUT2D eigenvalue weighted by Gasteiger charge is 2.47. The molecular weight excluding hydrogens is 268 g/mol. The van der Waals surface area contributed by atoms with Crippen molar-refractivity contribution in [3.8, 4) is 0 Å². The molecule has 0 aromatic rings. The first-order chi connectivity index (χ1) is 9.90. The normalized spacial score (nSPS) is 35.4. The maximum Gasteiger partial charge on any atom is 0.170 e. The van der Waals surface area contributed by atoms with E-state index in [9.17, 15) is 5.11 Å². The number of aliphatic hydroxyl groups is 1. The first-order valence-electron chi connectivity index (χ1n) is 8.35. The summed E-state index contributed by atoms with van der Waals surface area (Å²) in [6.07, 6.45) is 2.17. The van der Waals surface area contributed by atoms with E-state index in [2.05, 4.69) is 30.6 Å². The second-order valence-corrected chi connectivity index (χ2v) is 7.68. The molecule has 3 fully saturated rings. The molecule has 5 heteroatoms. The minimum Gasteiger partial charge on any atom is -0.391 e. The van der Waals surface area contributed by atoms with E-state index < -0.39 is 5.79 Å². The quantitative estimate of drug-likeness (QED) is 0.784. The van der Waals surface area contributed by atoms with E-state index in [0.717, 1.165) is 45.4 Å². The van der Waals surface area contributed by atoms with E-state index in [0.29, 0.717) is 13.2 Å². The average Bonchev–Trinajstić information content (AvgIpc) is 2.90. The Hall–Kier alpha value is -0.200. The maximum atomic E-state index is 10.4. The third-order valence-electron chi connectivity index (χ3n) is 5.33. The molecule has 0 bridgehead atoms. The summed E-state index contributed by atoms with van der Waals surface area (Å²) in [5, 5.41) is 10.4. The molecule has 1 saturated carbocycles. The van der Waals surface area contributed by atoms with E-state index in [1.54, 1.807) is 0 Å². The van der Waals surface area contributed by atoms with Crippen molar-refractivity contribution >= 4 is 0 Å². The number of hydrogen-bond donors (Lipinski definition) is 1. The van der Waals surface area contributed by atoms with Gasteiger partial charge in [0.2, 0.25) is 0 Å². The molecule has 0 radical (unpaired) electrons. The van der Waals surface area contributed by atoms with Crippen LogP contribution in [0.25, 0.3) is 0 Å². The van der Waals surface area contributed by atoms with Crippen molar-refractivity contribution in [3.05, 3.63) is 0 Å². The molecule has 0 aromatic carbocycles. The van der Waals surface area contributed by atoms with Gasteiger partial charge in [-0.2, -0.15) is 0 Å². The van der Waals surface area contributed by atoms with Crippen molar-refractivity contribution in [1.82, 2.24) is 9.80 Å². The second-order valence-electron chi connectivity index (χ2n) is 7.68. The lowest BCUT2D eigenvalue weighted by Crippen LogP contribution is -2.60. The minimum atomic E-state index is -0.412. The van der Waals surface area contributed by atoms with Crippen LogP contribution in [0, 0.1) is 0 Å². The Bertz CT molecular complexity index is 355. The summed E-state index contributed by atoms with van der Waals surface area (Å²) >= 11 is 0. The van der Waals surface area contributed by atoms with Crippen LogP contribution >= 0.6 is 0 Å². The van der Waals surface area contributed by atoms with Gasteiger partial charge in [-0.05, 0) is 27.2 Å². The van der Waals surface area contributed by atoms with E-state index in [4.69, 9.17) is 9.47 Å². The first kappa shape index (κ1) is 15.7. The molecule has 2 saturated heterocycles. The lowest BCUT2D eigenvalue weighted by Gasteiger charge is -2.48. The zero-order chi connectivity index (χ0) is 15.1. The van der Waals surface area contributed by atoms with Gasteiger partial charge >= 0.3 is 0 Å². The lowest BCUT2D eigenvalue weighted by molar-refractivity contribution is -0.207. The summed E-state index contributed by atoms with van der Waals surface area (Å²) in [5.41, 5.74) is 0.232. The van der Waals surface area contributed by atoms with Crippen LogP contribution in [-0.4, -0.2) is 77.8 Å². The smallest absolute Gasteiger partial charge is 0.170 e. The molecule has 1 aliphatic carbocycles. The molecular formula is C16H30N2O3. The van der Waals surface area contributed by atoms with Crippen molar-refractivity contribution in [3.63, 3.8) is 0 Å². The Balaban J connectivity index is 1.61. The molecule has 122 valence electrons. The number of aliphatic hydroxyl groups excluding tert-OH is 1. The van der Waals surface area contributed by atoms with Crippen molar-refractivity contribution in [1.29, 1.82) is 0 Å². The number of rotatable bonds is 1. The summed E-state index contributed by atoms with van der Waals surface area (Å²) in [6.45, 7) is 12.4. The summed E-state index contributed by atoms with van der Waals surface area (Å²) in [4.78, 5) is 4.97. The minimum absolute atomic E-state index is 0.180. The Morgan fingerprint density at radius 2 is 1.67 bits per heavy atom. The maximum absolute atomic E-state index is 10.4. The molecule has 2 unspecified atom stereocenters. The van der Waals surface area contributed by atoms with E-state index in [1.165, 1.54) is 0 Å². The molecule has 3 rings (SSSR count). The SMILES string of the molecule is CC(C)(C)N1CCN(C2CC3(CCC2O)OCCO3)CC1.